The van der Waals surface area contributed by atoms with Crippen molar-refractivity contribution in [3.8, 4) is 11.5 Å². The van der Waals surface area contributed by atoms with Crippen LogP contribution in [0.2, 0.25) is 10.0 Å². The summed E-state index contributed by atoms with van der Waals surface area (Å²) < 4.78 is 18.0. The molecule has 328 valence electrons. The second kappa shape index (κ2) is 27.8. The fourth-order valence-corrected chi connectivity index (χ4v) is 10.5. The number of hydrogen-bond donors (Lipinski definition) is 2. The molecule has 0 bridgehead atoms. The maximum atomic E-state index is 11.7. The predicted octanol–water partition coefficient (Wildman–Crippen LogP) is 2.89. The Hall–Kier alpha value is 0.734. The Bertz CT molecular complexity index is 2190. The SMILES string of the molecule is CCOC(=O)CN1CC2(Cc3ccc(O)cc3C2)C1.CCOC(=O)CN1CC2(Cc3ccc(OCc4ccc(Br)cc4Cl)cc3C2)C1.Clc1cc(Br)ccc1CBr.O=C([O-])O.[Cs+].[Cs+]. The average Bonchev–Trinajstić information content (AvgIpc) is 3.73. The first-order valence-corrected chi connectivity index (χ1v) is 23.1. The Morgan fingerprint density at radius 3 is 1.56 bits per heavy atom. The number of halogens is 5. The zero-order valence-corrected chi connectivity index (χ0v) is 54.7. The molecular weight excluding hydrogens is 1290 g/mol. The summed E-state index contributed by atoms with van der Waals surface area (Å²) in [6.45, 7) is 9.59. The number of carbonyl (C=O) groups excluding carboxylic acids is 2. The fourth-order valence-electron chi connectivity index (χ4n) is 8.40. The molecule has 11 nitrogen and oxygen atoms in total. The zero-order valence-electron chi connectivity index (χ0n) is 35.9. The van der Waals surface area contributed by atoms with Crippen molar-refractivity contribution in [2.45, 2.75) is 51.5 Å². The molecule has 0 unspecified atom stereocenters. The van der Waals surface area contributed by atoms with E-state index in [1.54, 1.807) is 6.07 Å². The van der Waals surface area contributed by atoms with E-state index in [4.69, 9.17) is 52.4 Å². The third-order valence-electron chi connectivity index (χ3n) is 10.8. The minimum absolute atomic E-state index is 0. The summed E-state index contributed by atoms with van der Waals surface area (Å²) in [5.41, 5.74) is 7.98. The summed E-state index contributed by atoms with van der Waals surface area (Å²) in [5, 5.41) is 27.1. The number of hydrogen-bond acceptors (Lipinski definition) is 10. The van der Waals surface area contributed by atoms with Gasteiger partial charge in [-0.25, -0.2) is 0 Å². The van der Waals surface area contributed by atoms with E-state index in [1.165, 1.54) is 22.3 Å². The van der Waals surface area contributed by atoms with Crippen LogP contribution in [0.15, 0.2) is 81.7 Å². The van der Waals surface area contributed by atoms with E-state index in [0.29, 0.717) is 43.7 Å². The molecule has 0 atom stereocenters. The first kappa shape index (κ1) is 58.0. The summed E-state index contributed by atoms with van der Waals surface area (Å²) in [4.78, 5) is 35.8. The van der Waals surface area contributed by atoms with Crippen LogP contribution in [0, 0.1) is 10.8 Å². The minimum Gasteiger partial charge on any atom is -0.565 e. The molecule has 4 aromatic rings. The Kier molecular flexibility index (Phi) is 25.6. The van der Waals surface area contributed by atoms with Gasteiger partial charge in [-0.05, 0) is 116 Å². The molecule has 2 spiro atoms. The third kappa shape index (κ3) is 17.9. The van der Waals surface area contributed by atoms with Crippen molar-refractivity contribution >= 4 is 89.1 Å². The number of phenolic OH excluding ortho intramolecular Hbond substituents is 1. The molecule has 4 aliphatic rings. The van der Waals surface area contributed by atoms with Gasteiger partial charge >= 0.3 is 150 Å². The molecule has 2 aliphatic heterocycles. The van der Waals surface area contributed by atoms with Gasteiger partial charge in [0.25, 0.3) is 0 Å². The van der Waals surface area contributed by atoms with Gasteiger partial charge in [-0.3, -0.25) is 19.4 Å². The second-order valence-corrected chi connectivity index (χ2v) is 18.9. The van der Waals surface area contributed by atoms with Crippen molar-refractivity contribution < 1.29 is 182 Å². The van der Waals surface area contributed by atoms with Gasteiger partial charge < -0.3 is 34.3 Å². The molecule has 0 aromatic heterocycles. The summed E-state index contributed by atoms with van der Waals surface area (Å²) in [6, 6.07) is 23.7. The number of alkyl halides is 1. The maximum absolute atomic E-state index is 11.7. The van der Waals surface area contributed by atoms with Crippen LogP contribution in [-0.2, 0) is 56.7 Å². The number of aromatic hydroxyl groups is 1. The number of likely N-dealkylation sites (tertiary alicyclic amines) is 2. The van der Waals surface area contributed by atoms with Crippen LogP contribution in [0.25, 0.3) is 0 Å². The number of phenols is 1. The number of rotatable bonds is 10. The van der Waals surface area contributed by atoms with Gasteiger partial charge in [0.2, 0.25) is 6.16 Å². The van der Waals surface area contributed by atoms with Crippen molar-refractivity contribution in [2.75, 3.05) is 52.5 Å². The average molecular weight is 1340 g/mol. The Labute approximate surface area is 522 Å². The molecule has 2 N–H and O–H groups in total. The topological polar surface area (TPSA) is 149 Å². The van der Waals surface area contributed by atoms with Gasteiger partial charge in [-0.1, -0.05) is 95.3 Å². The van der Waals surface area contributed by atoms with Crippen LogP contribution >= 0.6 is 71.0 Å². The Morgan fingerprint density at radius 1 is 0.683 bits per heavy atom. The largest absolute Gasteiger partial charge is 1.00 e. The normalized spacial score (nSPS) is 15.7. The van der Waals surface area contributed by atoms with E-state index in [-0.39, 0.29) is 161 Å². The summed E-state index contributed by atoms with van der Waals surface area (Å²) in [5.74, 6) is 0.955. The Balaban J connectivity index is 0.000000260. The van der Waals surface area contributed by atoms with Gasteiger partial charge in [0.1, 0.15) is 18.1 Å². The van der Waals surface area contributed by atoms with Crippen LogP contribution < -0.4 is 148 Å². The van der Waals surface area contributed by atoms with E-state index in [2.05, 4.69) is 69.7 Å². The van der Waals surface area contributed by atoms with Crippen LogP contribution in [0.4, 0.5) is 4.79 Å². The van der Waals surface area contributed by atoms with Gasteiger partial charge in [0.05, 0.1) is 26.3 Å². The molecular formula is C45H48Br3Cl2Cs2N2O9+. The first-order valence-electron chi connectivity index (χ1n) is 19.7. The van der Waals surface area contributed by atoms with Crippen molar-refractivity contribution in [3.63, 3.8) is 0 Å². The number of esters is 2. The molecule has 0 radical (unpaired) electrons. The number of benzene rings is 4. The smallest absolute Gasteiger partial charge is 0.565 e. The van der Waals surface area contributed by atoms with Gasteiger partial charge in [-0.2, -0.15) is 0 Å². The summed E-state index contributed by atoms with van der Waals surface area (Å²) in [7, 11) is 0. The first-order chi connectivity index (χ1) is 29.0. The standard InChI is InChI=1S/C22H23BrClNO3.C15H19NO3.C7H5Br2Cl.CH2O3.2Cs/c1-2-27-21(26)11-25-13-22(14-25)9-15-4-6-19(7-17(15)10-22)28-12-16-3-5-18(23)8-20(16)24;1-2-19-14(18)8-16-9-15(10-16)6-11-3-4-13(17)5-12(11)7-15;8-4-5-1-2-6(9)3-7(5)10;2-1(3)4;;/h3-8H,2,9-14H2,1H3;3-5,17H,2,6-10H2,1H3;1-3H,4H2;(H2,2,3,4);;/q;;;;2*+1/p-1. The number of nitrogens with zero attached hydrogens (tertiary/aromatic N) is 2. The molecule has 2 saturated heterocycles. The number of ether oxygens (including phenoxy) is 3. The maximum Gasteiger partial charge on any atom is 1.00 e. The molecule has 0 saturated carbocycles. The number of carbonyl (C=O) groups is 3. The third-order valence-corrected chi connectivity index (χ3v) is 13.0. The van der Waals surface area contributed by atoms with E-state index in [1.807, 2.05) is 68.4 Å². The molecule has 2 heterocycles. The van der Waals surface area contributed by atoms with E-state index in [0.717, 1.165) is 88.0 Å². The van der Waals surface area contributed by atoms with Crippen molar-refractivity contribution in [1.29, 1.82) is 0 Å². The molecule has 18 heteroatoms. The van der Waals surface area contributed by atoms with Gasteiger partial charge in [-0.15, -0.1) is 0 Å². The van der Waals surface area contributed by atoms with Crippen LogP contribution in [-0.4, -0.2) is 90.6 Å². The van der Waals surface area contributed by atoms with Crippen LogP contribution in [0.1, 0.15) is 47.2 Å². The second-order valence-electron chi connectivity index (χ2n) is 15.7. The molecule has 0 amide bonds. The molecule has 4 aromatic carbocycles. The fraction of sp³-hybridized carbons (Fsp3) is 0.400. The number of carboxylic acid groups (broad SMARTS) is 2. The van der Waals surface area contributed by atoms with Crippen LogP contribution in [0.3, 0.4) is 0 Å². The predicted molar refractivity (Wildman–Crippen MR) is 244 cm³/mol. The quantitative estimate of drug-likeness (QED) is 0.179. The zero-order chi connectivity index (χ0) is 44.3. The monoisotopic (exact) mass is 1330 g/mol. The molecule has 63 heavy (non-hydrogen) atoms. The van der Waals surface area contributed by atoms with Crippen molar-refractivity contribution in [2.24, 2.45) is 10.8 Å². The van der Waals surface area contributed by atoms with E-state index in [9.17, 15) is 14.7 Å². The molecule has 2 fully saturated rings. The van der Waals surface area contributed by atoms with E-state index >= 15 is 0 Å². The van der Waals surface area contributed by atoms with Crippen molar-refractivity contribution in [3.05, 3.63) is 125 Å². The molecule has 8 rings (SSSR count). The van der Waals surface area contributed by atoms with E-state index < -0.39 is 6.16 Å². The summed E-state index contributed by atoms with van der Waals surface area (Å²) >= 11 is 22.2. The summed E-state index contributed by atoms with van der Waals surface area (Å²) in [6.07, 6.45) is 2.09. The number of fused-ring (bicyclic) bond motifs is 2. The Morgan fingerprint density at radius 2 is 1.11 bits per heavy atom. The van der Waals surface area contributed by atoms with Gasteiger partial charge in [0.15, 0.2) is 0 Å². The minimum atomic E-state index is -2.08. The van der Waals surface area contributed by atoms with Crippen molar-refractivity contribution in [1.82, 2.24) is 9.80 Å². The van der Waals surface area contributed by atoms with Crippen LogP contribution in [0.5, 0.6) is 11.5 Å². The van der Waals surface area contributed by atoms with Gasteiger partial charge in [0, 0.05) is 66.9 Å². The molecule has 2 aliphatic carbocycles.